The van der Waals surface area contributed by atoms with Crippen molar-refractivity contribution in [3.63, 3.8) is 0 Å². The molecule has 0 amide bonds. The first-order valence-electron chi connectivity index (χ1n) is 7.11. The van der Waals surface area contributed by atoms with Crippen LogP contribution >= 0.6 is 0 Å². The van der Waals surface area contributed by atoms with Crippen molar-refractivity contribution in [1.29, 1.82) is 0 Å². The lowest BCUT2D eigenvalue weighted by Crippen LogP contribution is -2.22. The van der Waals surface area contributed by atoms with Crippen molar-refractivity contribution in [3.05, 3.63) is 59.4 Å². The second kappa shape index (κ2) is 7.56. The van der Waals surface area contributed by atoms with Crippen LogP contribution in [0, 0.1) is 5.82 Å². The summed E-state index contributed by atoms with van der Waals surface area (Å²) in [5.41, 5.74) is 7.75. The van der Waals surface area contributed by atoms with Crippen LogP contribution in [0.25, 0.3) is 0 Å². The molecule has 0 radical (unpaired) electrons. The van der Waals surface area contributed by atoms with Gasteiger partial charge in [-0.1, -0.05) is 12.1 Å². The van der Waals surface area contributed by atoms with E-state index in [-0.39, 0.29) is 18.1 Å². The zero-order valence-electron chi connectivity index (χ0n) is 12.4. The maximum atomic E-state index is 12.8. The van der Waals surface area contributed by atoms with Crippen LogP contribution in [0.5, 0.6) is 5.75 Å². The molecular formula is C17H19FN2O2. The fourth-order valence-electron chi connectivity index (χ4n) is 2.03. The van der Waals surface area contributed by atoms with Crippen molar-refractivity contribution in [2.24, 2.45) is 0 Å². The lowest BCUT2D eigenvalue weighted by atomic mass is 10.1. The summed E-state index contributed by atoms with van der Waals surface area (Å²) in [7, 11) is 0. The van der Waals surface area contributed by atoms with Gasteiger partial charge in [0, 0.05) is 12.1 Å². The number of halogens is 1. The summed E-state index contributed by atoms with van der Waals surface area (Å²) in [4.78, 5) is 12.1. The Morgan fingerprint density at radius 1 is 1.23 bits per heavy atom. The Hall–Kier alpha value is -2.40. The van der Waals surface area contributed by atoms with E-state index < -0.39 is 0 Å². The van der Waals surface area contributed by atoms with Crippen LogP contribution in [0.4, 0.5) is 10.1 Å². The summed E-state index contributed by atoms with van der Waals surface area (Å²) in [6.07, 6.45) is 0. The minimum absolute atomic E-state index is 0.0585. The molecule has 22 heavy (non-hydrogen) atoms. The molecule has 2 aromatic carbocycles. The summed E-state index contributed by atoms with van der Waals surface area (Å²) in [5.74, 6) is 0.250. The van der Waals surface area contributed by atoms with Crippen molar-refractivity contribution < 1.29 is 13.9 Å². The van der Waals surface area contributed by atoms with E-state index in [4.69, 9.17) is 10.5 Å². The highest BCUT2D eigenvalue weighted by atomic mass is 19.1. The summed E-state index contributed by atoms with van der Waals surface area (Å²) in [5, 5.41) is 3.03. The van der Waals surface area contributed by atoms with E-state index in [1.807, 2.05) is 6.92 Å². The number of anilines is 1. The molecule has 2 rings (SSSR count). The second-order valence-corrected chi connectivity index (χ2v) is 4.84. The topological polar surface area (TPSA) is 64.3 Å². The number of hydrogen-bond acceptors (Lipinski definition) is 4. The molecule has 0 spiro atoms. The molecule has 3 N–H and O–H groups in total. The molecule has 0 heterocycles. The average Bonchev–Trinajstić information content (AvgIpc) is 2.51. The van der Waals surface area contributed by atoms with Gasteiger partial charge >= 0.3 is 0 Å². The monoisotopic (exact) mass is 302 g/mol. The highest BCUT2D eigenvalue weighted by molar-refractivity contribution is 5.98. The molecule has 0 unspecified atom stereocenters. The van der Waals surface area contributed by atoms with Gasteiger partial charge in [-0.25, -0.2) is 4.39 Å². The van der Waals surface area contributed by atoms with Gasteiger partial charge in [-0.15, -0.1) is 0 Å². The first kappa shape index (κ1) is 16.0. The zero-order valence-corrected chi connectivity index (χ0v) is 12.4. The Balaban J connectivity index is 1.89. The highest BCUT2D eigenvalue weighted by Gasteiger charge is 2.08. The lowest BCUT2D eigenvalue weighted by molar-refractivity contribution is 0.0991. The van der Waals surface area contributed by atoms with Crippen LogP contribution in [-0.4, -0.2) is 18.9 Å². The third-order valence-corrected chi connectivity index (χ3v) is 3.16. The molecular weight excluding hydrogens is 283 g/mol. The van der Waals surface area contributed by atoms with Gasteiger partial charge in [0.1, 0.15) is 11.6 Å². The summed E-state index contributed by atoms with van der Waals surface area (Å²) in [6.45, 7) is 3.08. The molecule has 2 aromatic rings. The molecule has 0 aliphatic carbocycles. The van der Waals surface area contributed by atoms with Gasteiger partial charge in [0.05, 0.1) is 18.8 Å². The minimum Gasteiger partial charge on any atom is -0.492 e. The number of nitrogen functional groups attached to an aromatic ring is 1. The molecule has 0 saturated carbocycles. The number of carbonyl (C=O) groups is 1. The SMILES string of the molecule is CCOc1ccc(C(=O)CNCc2ccc(F)cc2)cc1N. The number of rotatable bonds is 7. The highest BCUT2D eigenvalue weighted by Crippen LogP contribution is 2.22. The number of ketones is 1. The Morgan fingerprint density at radius 3 is 2.59 bits per heavy atom. The fourth-order valence-corrected chi connectivity index (χ4v) is 2.03. The van der Waals surface area contributed by atoms with Gasteiger partial charge in [0.25, 0.3) is 0 Å². The largest absolute Gasteiger partial charge is 0.492 e. The summed E-state index contributed by atoms with van der Waals surface area (Å²) < 4.78 is 18.1. The molecule has 5 heteroatoms. The Bertz CT molecular complexity index is 642. The van der Waals surface area contributed by atoms with E-state index >= 15 is 0 Å². The van der Waals surface area contributed by atoms with Crippen LogP contribution < -0.4 is 15.8 Å². The fraction of sp³-hybridized carbons (Fsp3) is 0.235. The maximum Gasteiger partial charge on any atom is 0.176 e. The van der Waals surface area contributed by atoms with E-state index in [2.05, 4.69) is 5.32 Å². The van der Waals surface area contributed by atoms with Crippen LogP contribution in [-0.2, 0) is 6.54 Å². The van der Waals surface area contributed by atoms with Gasteiger partial charge in [-0.2, -0.15) is 0 Å². The zero-order chi connectivity index (χ0) is 15.9. The van der Waals surface area contributed by atoms with Crippen molar-refractivity contribution in [2.45, 2.75) is 13.5 Å². The maximum absolute atomic E-state index is 12.8. The van der Waals surface area contributed by atoms with E-state index in [1.54, 1.807) is 30.3 Å². The smallest absolute Gasteiger partial charge is 0.176 e. The van der Waals surface area contributed by atoms with Gasteiger partial charge in [-0.05, 0) is 42.8 Å². The molecule has 0 saturated heterocycles. The number of nitrogens with one attached hydrogen (secondary N) is 1. The van der Waals surface area contributed by atoms with Crippen LogP contribution in [0.1, 0.15) is 22.8 Å². The lowest BCUT2D eigenvalue weighted by Gasteiger charge is -2.09. The number of hydrogen-bond donors (Lipinski definition) is 2. The summed E-state index contributed by atoms with van der Waals surface area (Å²) in [6, 6.07) is 11.2. The van der Waals surface area contributed by atoms with Crippen LogP contribution in [0.2, 0.25) is 0 Å². The first-order chi connectivity index (χ1) is 10.6. The third kappa shape index (κ3) is 4.30. The number of carbonyl (C=O) groups excluding carboxylic acids is 1. The van der Waals surface area contributed by atoms with Crippen molar-refractivity contribution in [1.82, 2.24) is 5.32 Å². The second-order valence-electron chi connectivity index (χ2n) is 4.84. The van der Waals surface area contributed by atoms with E-state index in [0.29, 0.717) is 30.2 Å². The van der Waals surface area contributed by atoms with Crippen LogP contribution in [0.3, 0.4) is 0 Å². The summed E-state index contributed by atoms with van der Waals surface area (Å²) >= 11 is 0. The van der Waals surface area contributed by atoms with Crippen molar-refractivity contribution in [2.75, 3.05) is 18.9 Å². The standard InChI is InChI=1S/C17H19FN2O2/c1-2-22-17-8-5-13(9-15(17)19)16(21)11-20-10-12-3-6-14(18)7-4-12/h3-9,20H,2,10-11,19H2,1H3. The van der Waals surface area contributed by atoms with E-state index in [9.17, 15) is 9.18 Å². The predicted octanol–water partition coefficient (Wildman–Crippen LogP) is 2.78. The molecule has 4 nitrogen and oxygen atoms in total. The number of nitrogens with two attached hydrogens (primary N) is 1. The van der Waals surface area contributed by atoms with Gasteiger partial charge in [0.15, 0.2) is 5.78 Å². The van der Waals surface area contributed by atoms with Gasteiger partial charge < -0.3 is 15.8 Å². The first-order valence-corrected chi connectivity index (χ1v) is 7.11. The van der Waals surface area contributed by atoms with Gasteiger partial charge in [-0.3, -0.25) is 4.79 Å². The van der Waals surface area contributed by atoms with Gasteiger partial charge in [0.2, 0.25) is 0 Å². The molecule has 0 bridgehead atoms. The molecule has 0 fully saturated rings. The number of benzene rings is 2. The van der Waals surface area contributed by atoms with Crippen molar-refractivity contribution >= 4 is 11.5 Å². The molecule has 0 aliphatic rings. The molecule has 0 aromatic heterocycles. The van der Waals surface area contributed by atoms with E-state index in [0.717, 1.165) is 5.56 Å². The average molecular weight is 302 g/mol. The Labute approximate surface area is 129 Å². The Kier molecular flexibility index (Phi) is 5.49. The predicted molar refractivity (Wildman–Crippen MR) is 84.5 cm³/mol. The molecule has 0 atom stereocenters. The normalized spacial score (nSPS) is 10.5. The Morgan fingerprint density at radius 2 is 1.95 bits per heavy atom. The number of Topliss-reactive ketones (excluding diaryl/α,β-unsaturated/α-hetero) is 1. The number of ether oxygens (including phenoxy) is 1. The molecule has 116 valence electrons. The van der Waals surface area contributed by atoms with Crippen molar-refractivity contribution in [3.8, 4) is 5.75 Å². The third-order valence-electron chi connectivity index (χ3n) is 3.16. The van der Waals surface area contributed by atoms with E-state index in [1.165, 1.54) is 12.1 Å². The quantitative estimate of drug-likeness (QED) is 0.610. The van der Waals surface area contributed by atoms with Crippen LogP contribution in [0.15, 0.2) is 42.5 Å². The molecule has 0 aliphatic heterocycles. The minimum atomic E-state index is -0.273.